The van der Waals surface area contributed by atoms with Gasteiger partial charge in [-0.05, 0) is 24.9 Å². The molecule has 2 bridgehead atoms. The van der Waals surface area contributed by atoms with Gasteiger partial charge in [-0.15, -0.1) is 24.8 Å². The van der Waals surface area contributed by atoms with Crippen molar-refractivity contribution in [2.24, 2.45) is 5.92 Å². The highest BCUT2D eigenvalue weighted by Crippen LogP contribution is 2.33. The summed E-state index contributed by atoms with van der Waals surface area (Å²) < 4.78 is 1.92. The lowest BCUT2D eigenvalue weighted by Gasteiger charge is -2.37. The van der Waals surface area contributed by atoms with Crippen LogP contribution in [-0.4, -0.2) is 27.6 Å². The van der Waals surface area contributed by atoms with Gasteiger partial charge in [-0.25, -0.2) is 9.97 Å². The van der Waals surface area contributed by atoms with Crippen molar-refractivity contribution < 1.29 is 0 Å². The van der Waals surface area contributed by atoms with Crippen molar-refractivity contribution in [2.75, 3.05) is 18.8 Å². The van der Waals surface area contributed by atoms with Crippen LogP contribution in [0, 0.1) is 5.92 Å². The first-order chi connectivity index (χ1) is 10.2. The Morgan fingerprint density at radius 2 is 2.00 bits per heavy atom. The largest absolute Gasteiger partial charge is 0.384 e. The first kappa shape index (κ1) is 17.7. The number of pyridine rings is 1. The molecule has 23 heavy (non-hydrogen) atoms. The van der Waals surface area contributed by atoms with Gasteiger partial charge in [0.25, 0.3) is 5.56 Å². The number of nitrogens with zero attached hydrogens (tertiary/aromatic N) is 3. The number of piperidine rings is 1. The molecule has 0 radical (unpaired) electrons. The minimum Gasteiger partial charge on any atom is -0.384 e. The van der Waals surface area contributed by atoms with E-state index in [1.54, 1.807) is 12.1 Å². The Balaban J connectivity index is 0.000000960. The molecule has 0 aliphatic carbocycles. The summed E-state index contributed by atoms with van der Waals surface area (Å²) in [4.78, 5) is 20.6. The number of nitrogens with one attached hydrogen (secondary N) is 1. The van der Waals surface area contributed by atoms with E-state index in [1.165, 1.54) is 6.33 Å². The predicted molar refractivity (Wildman–Crippen MR) is 94.4 cm³/mol. The molecule has 4 heterocycles. The highest BCUT2D eigenvalue weighted by atomic mass is 35.5. The molecule has 6 nitrogen and oxygen atoms in total. The van der Waals surface area contributed by atoms with Gasteiger partial charge in [0.2, 0.25) is 0 Å². The molecule has 0 unspecified atom stereocenters. The fourth-order valence-electron chi connectivity index (χ4n) is 3.48. The van der Waals surface area contributed by atoms with E-state index < -0.39 is 0 Å². The number of halogens is 2. The SMILES string of the molecule is Cl.Cl.Nc1cc(-c2cc3n(c(=O)c2)C[C@@H]2CNC[C@H]3C2)ncn1. The number of fused-ring (bicyclic) bond motifs is 4. The van der Waals surface area contributed by atoms with E-state index in [9.17, 15) is 4.79 Å². The minimum absolute atomic E-state index is 0. The smallest absolute Gasteiger partial charge is 0.251 e. The van der Waals surface area contributed by atoms with E-state index in [0.29, 0.717) is 23.3 Å². The van der Waals surface area contributed by atoms with Crippen molar-refractivity contribution in [3.63, 3.8) is 0 Å². The summed E-state index contributed by atoms with van der Waals surface area (Å²) in [5, 5.41) is 3.45. The minimum atomic E-state index is 0. The molecule has 4 rings (SSSR count). The summed E-state index contributed by atoms with van der Waals surface area (Å²) >= 11 is 0. The van der Waals surface area contributed by atoms with Crippen molar-refractivity contribution >= 4 is 30.6 Å². The topological polar surface area (TPSA) is 85.8 Å². The summed E-state index contributed by atoms with van der Waals surface area (Å²) in [5.41, 5.74) is 8.40. The third kappa shape index (κ3) is 3.20. The van der Waals surface area contributed by atoms with E-state index in [-0.39, 0.29) is 30.4 Å². The Morgan fingerprint density at radius 3 is 2.78 bits per heavy atom. The second-order valence-corrected chi connectivity index (χ2v) is 5.90. The van der Waals surface area contributed by atoms with Crippen LogP contribution in [0.2, 0.25) is 0 Å². The van der Waals surface area contributed by atoms with Gasteiger partial charge in [-0.2, -0.15) is 0 Å². The zero-order valence-electron chi connectivity index (χ0n) is 12.4. The standard InChI is InChI=1S/C15H17N5O.2ClH/c16-14-4-12(18-8-19-14)10-2-13-11-1-9(5-17-6-11)7-20(13)15(21)3-10;;/h2-4,8-9,11,17H,1,5-7H2,(H2,16,18,19);2*1H/t9-,11+;;/m0../s1. The molecule has 8 heteroatoms. The molecular formula is C15H19Cl2N5O. The van der Waals surface area contributed by atoms with Gasteiger partial charge >= 0.3 is 0 Å². The first-order valence-electron chi connectivity index (χ1n) is 7.24. The quantitative estimate of drug-likeness (QED) is 0.808. The molecule has 2 atom stereocenters. The van der Waals surface area contributed by atoms with E-state index in [1.807, 2.05) is 4.57 Å². The van der Waals surface area contributed by atoms with Crippen LogP contribution in [0.15, 0.2) is 29.3 Å². The second kappa shape index (κ2) is 6.86. The Hall–Kier alpha value is -1.63. The molecule has 2 aromatic heterocycles. The summed E-state index contributed by atoms with van der Waals surface area (Å²) in [7, 11) is 0. The molecular weight excluding hydrogens is 337 g/mol. The van der Waals surface area contributed by atoms with Gasteiger partial charge in [0.1, 0.15) is 12.1 Å². The average Bonchev–Trinajstić information content (AvgIpc) is 2.48. The average molecular weight is 356 g/mol. The number of anilines is 1. The Labute approximate surface area is 146 Å². The monoisotopic (exact) mass is 355 g/mol. The van der Waals surface area contributed by atoms with Crippen molar-refractivity contribution in [3.8, 4) is 11.3 Å². The highest BCUT2D eigenvalue weighted by molar-refractivity contribution is 5.85. The zero-order valence-corrected chi connectivity index (χ0v) is 14.1. The molecule has 0 amide bonds. The number of hydrogen-bond acceptors (Lipinski definition) is 5. The van der Waals surface area contributed by atoms with Crippen LogP contribution in [0.25, 0.3) is 11.3 Å². The number of nitrogen functional groups attached to an aromatic ring is 1. The van der Waals surface area contributed by atoms with Crippen molar-refractivity contribution in [1.29, 1.82) is 0 Å². The van der Waals surface area contributed by atoms with Crippen LogP contribution in [0.5, 0.6) is 0 Å². The summed E-state index contributed by atoms with van der Waals surface area (Å²) in [6, 6.07) is 5.44. The van der Waals surface area contributed by atoms with Gasteiger partial charge in [0.15, 0.2) is 0 Å². The van der Waals surface area contributed by atoms with Crippen LogP contribution in [0.3, 0.4) is 0 Å². The second-order valence-electron chi connectivity index (χ2n) is 5.90. The van der Waals surface area contributed by atoms with E-state index in [4.69, 9.17) is 5.73 Å². The third-order valence-electron chi connectivity index (χ3n) is 4.44. The molecule has 0 spiro atoms. The zero-order chi connectivity index (χ0) is 14.4. The number of aromatic nitrogens is 3. The Kier molecular flexibility index (Phi) is 5.29. The molecule has 124 valence electrons. The van der Waals surface area contributed by atoms with Crippen LogP contribution in [0.1, 0.15) is 18.0 Å². The van der Waals surface area contributed by atoms with Gasteiger partial charge in [-0.1, -0.05) is 0 Å². The molecule has 1 saturated heterocycles. The van der Waals surface area contributed by atoms with Crippen LogP contribution < -0.4 is 16.6 Å². The maximum atomic E-state index is 12.4. The molecule has 0 saturated carbocycles. The normalized spacial score (nSPS) is 21.6. The lowest BCUT2D eigenvalue weighted by atomic mass is 9.83. The first-order valence-corrected chi connectivity index (χ1v) is 7.24. The molecule has 2 aliphatic heterocycles. The highest BCUT2D eigenvalue weighted by Gasteiger charge is 2.31. The van der Waals surface area contributed by atoms with Crippen LogP contribution >= 0.6 is 24.8 Å². The van der Waals surface area contributed by atoms with E-state index >= 15 is 0 Å². The summed E-state index contributed by atoms with van der Waals surface area (Å²) in [6.07, 6.45) is 2.59. The molecule has 2 aliphatic rings. The Bertz CT molecular complexity index is 764. The number of nitrogens with two attached hydrogens (primary N) is 1. The van der Waals surface area contributed by atoms with Gasteiger partial charge in [0.05, 0.1) is 5.69 Å². The molecule has 3 N–H and O–H groups in total. The maximum absolute atomic E-state index is 12.4. The van der Waals surface area contributed by atoms with Gasteiger partial charge in [-0.3, -0.25) is 4.79 Å². The van der Waals surface area contributed by atoms with Crippen molar-refractivity contribution in [3.05, 3.63) is 40.6 Å². The lowest BCUT2D eigenvalue weighted by molar-refractivity contribution is 0.257. The molecule has 0 aromatic carbocycles. The van der Waals surface area contributed by atoms with Crippen LogP contribution in [0.4, 0.5) is 5.82 Å². The fourth-order valence-corrected chi connectivity index (χ4v) is 3.48. The van der Waals surface area contributed by atoms with Crippen LogP contribution in [-0.2, 0) is 6.54 Å². The third-order valence-corrected chi connectivity index (χ3v) is 4.44. The predicted octanol–water partition coefficient (Wildman–Crippen LogP) is 1.44. The van der Waals surface area contributed by atoms with Gasteiger partial charge in [0, 0.05) is 42.4 Å². The number of rotatable bonds is 1. The van der Waals surface area contributed by atoms with Crippen molar-refractivity contribution in [1.82, 2.24) is 19.9 Å². The molecule has 1 fully saturated rings. The van der Waals surface area contributed by atoms with E-state index in [0.717, 1.165) is 37.3 Å². The maximum Gasteiger partial charge on any atom is 0.251 e. The lowest BCUT2D eigenvalue weighted by Crippen LogP contribution is -2.44. The molecule has 2 aromatic rings. The Morgan fingerprint density at radius 1 is 1.17 bits per heavy atom. The van der Waals surface area contributed by atoms with Crippen molar-refractivity contribution in [2.45, 2.75) is 18.9 Å². The van der Waals surface area contributed by atoms with E-state index in [2.05, 4.69) is 21.4 Å². The fraction of sp³-hybridized carbons (Fsp3) is 0.400. The summed E-state index contributed by atoms with van der Waals surface area (Å²) in [5.74, 6) is 1.39. The van der Waals surface area contributed by atoms with Gasteiger partial charge < -0.3 is 15.6 Å². The number of hydrogen-bond donors (Lipinski definition) is 2. The summed E-state index contributed by atoms with van der Waals surface area (Å²) in [6.45, 7) is 2.75.